The molecular weight excluding hydrogens is 410 g/mol. The van der Waals surface area contributed by atoms with Gasteiger partial charge < -0.3 is 10.6 Å². The number of nitrogens with one attached hydrogen (secondary N) is 2. The monoisotopic (exact) mass is 445 g/mol. The number of hydrogen-bond acceptors (Lipinski definition) is 4. The smallest absolute Gasteiger partial charge is 0.255 e. The van der Waals surface area contributed by atoms with E-state index in [1.165, 1.54) is 55.2 Å². The van der Waals surface area contributed by atoms with Crippen molar-refractivity contribution in [3.63, 3.8) is 0 Å². The molecule has 0 bridgehead atoms. The first-order valence-corrected chi connectivity index (χ1v) is 12.7. The fourth-order valence-corrected chi connectivity index (χ4v) is 5.42. The van der Waals surface area contributed by atoms with Crippen molar-refractivity contribution < 1.29 is 4.79 Å². The van der Waals surface area contributed by atoms with Gasteiger partial charge in [0.15, 0.2) is 5.65 Å². The largest absolute Gasteiger partial charge is 0.381 e. The number of rotatable bonds is 6. The molecule has 1 fully saturated rings. The van der Waals surface area contributed by atoms with E-state index in [1.54, 1.807) is 6.20 Å². The number of carbonyl (C=O) groups is 1. The molecule has 5 rings (SSSR count). The molecule has 1 aromatic carbocycles. The highest BCUT2D eigenvalue weighted by molar-refractivity contribution is 6.06. The Labute approximate surface area is 196 Å². The summed E-state index contributed by atoms with van der Waals surface area (Å²) in [5.74, 6) is -0.0859. The van der Waals surface area contributed by atoms with Crippen molar-refractivity contribution in [1.82, 2.24) is 20.1 Å². The Balaban J connectivity index is 1.42. The topological polar surface area (TPSA) is 71.8 Å². The van der Waals surface area contributed by atoms with Crippen LogP contribution in [0.4, 0.5) is 5.69 Å². The van der Waals surface area contributed by atoms with Gasteiger partial charge in [-0.05, 0) is 69.1 Å². The number of benzene rings is 1. The number of nitrogens with zero attached hydrogens (tertiary/aromatic N) is 3. The summed E-state index contributed by atoms with van der Waals surface area (Å²) in [5, 5.41) is 12.4. The lowest BCUT2D eigenvalue weighted by molar-refractivity contribution is 0.0940. The van der Waals surface area contributed by atoms with Gasteiger partial charge in [-0.3, -0.25) is 4.79 Å². The summed E-state index contributed by atoms with van der Waals surface area (Å²) in [5.41, 5.74) is 6.38. The van der Waals surface area contributed by atoms with Gasteiger partial charge in [-0.15, -0.1) is 0 Å². The van der Waals surface area contributed by atoms with Gasteiger partial charge in [-0.1, -0.05) is 37.5 Å². The summed E-state index contributed by atoms with van der Waals surface area (Å²) in [6.07, 6.45) is 14.4. The maximum absolute atomic E-state index is 13.5. The molecule has 2 N–H and O–H groups in total. The zero-order chi connectivity index (χ0) is 22.8. The second kappa shape index (κ2) is 9.54. The van der Waals surface area contributed by atoms with Crippen LogP contribution < -0.4 is 10.6 Å². The van der Waals surface area contributed by atoms with Crippen LogP contribution in [0.2, 0.25) is 0 Å². The Morgan fingerprint density at radius 3 is 2.67 bits per heavy atom. The normalized spacial score (nSPS) is 17.5. The molecule has 1 atom stereocenters. The quantitative estimate of drug-likeness (QED) is 0.521. The maximum Gasteiger partial charge on any atom is 0.255 e. The third-order valence-electron chi connectivity index (χ3n) is 7.38. The molecule has 0 radical (unpaired) electrons. The first-order chi connectivity index (χ1) is 16.1. The summed E-state index contributed by atoms with van der Waals surface area (Å²) in [7, 11) is 0. The molecule has 0 spiro atoms. The summed E-state index contributed by atoms with van der Waals surface area (Å²) < 4.78 is 1.89. The van der Waals surface area contributed by atoms with E-state index in [2.05, 4.69) is 52.8 Å². The summed E-state index contributed by atoms with van der Waals surface area (Å²) >= 11 is 0. The molecule has 33 heavy (non-hydrogen) atoms. The highest BCUT2D eigenvalue weighted by Gasteiger charge is 2.23. The number of carbonyl (C=O) groups excluding carboxylic acids is 1. The van der Waals surface area contributed by atoms with Gasteiger partial charge in [0.2, 0.25) is 0 Å². The SMILES string of the molecule is CCn1ncc2c(NC3CCCCC3)c(C(=O)NC(C)c3ccc4c(c3)CCCC4)cnc21. The lowest BCUT2D eigenvalue weighted by Gasteiger charge is -2.26. The van der Waals surface area contributed by atoms with E-state index in [1.807, 2.05) is 10.9 Å². The van der Waals surface area contributed by atoms with Crippen LogP contribution in [0.1, 0.15) is 91.9 Å². The van der Waals surface area contributed by atoms with E-state index in [-0.39, 0.29) is 11.9 Å². The van der Waals surface area contributed by atoms with Crippen LogP contribution in [-0.4, -0.2) is 26.7 Å². The fraction of sp³-hybridized carbons (Fsp3) is 0.519. The molecule has 2 heterocycles. The number of aromatic nitrogens is 3. The van der Waals surface area contributed by atoms with Gasteiger partial charge in [0.1, 0.15) is 0 Å². The number of hydrogen-bond donors (Lipinski definition) is 2. The van der Waals surface area contributed by atoms with Crippen molar-refractivity contribution in [1.29, 1.82) is 0 Å². The number of fused-ring (bicyclic) bond motifs is 2. The lowest BCUT2D eigenvalue weighted by atomic mass is 9.89. The Morgan fingerprint density at radius 1 is 1.09 bits per heavy atom. The molecule has 6 nitrogen and oxygen atoms in total. The predicted molar refractivity (Wildman–Crippen MR) is 133 cm³/mol. The minimum absolute atomic E-state index is 0.0682. The molecule has 1 saturated carbocycles. The van der Waals surface area contributed by atoms with E-state index in [0.29, 0.717) is 11.6 Å². The average Bonchev–Trinajstić information content (AvgIpc) is 3.28. The van der Waals surface area contributed by atoms with Crippen molar-refractivity contribution in [2.75, 3.05) is 5.32 Å². The molecular formula is C27H35N5O. The van der Waals surface area contributed by atoms with E-state index in [9.17, 15) is 4.79 Å². The highest BCUT2D eigenvalue weighted by atomic mass is 16.1. The first-order valence-electron chi connectivity index (χ1n) is 12.7. The molecule has 2 aliphatic rings. The van der Waals surface area contributed by atoms with Crippen LogP contribution in [0, 0.1) is 0 Å². The van der Waals surface area contributed by atoms with E-state index in [0.717, 1.165) is 42.5 Å². The number of pyridine rings is 1. The van der Waals surface area contributed by atoms with Crippen LogP contribution >= 0.6 is 0 Å². The summed E-state index contributed by atoms with van der Waals surface area (Å²) in [4.78, 5) is 18.1. The van der Waals surface area contributed by atoms with Crippen LogP contribution in [-0.2, 0) is 19.4 Å². The zero-order valence-corrected chi connectivity index (χ0v) is 19.9. The molecule has 0 saturated heterocycles. The lowest BCUT2D eigenvalue weighted by Crippen LogP contribution is -2.29. The minimum Gasteiger partial charge on any atom is -0.381 e. The van der Waals surface area contributed by atoms with Gasteiger partial charge in [0.05, 0.1) is 28.9 Å². The molecule has 2 aliphatic carbocycles. The van der Waals surface area contributed by atoms with E-state index < -0.39 is 0 Å². The zero-order valence-electron chi connectivity index (χ0n) is 19.9. The van der Waals surface area contributed by atoms with Crippen molar-refractivity contribution >= 4 is 22.6 Å². The molecule has 2 aromatic heterocycles. The Kier molecular flexibility index (Phi) is 6.34. The Bertz CT molecular complexity index is 1140. The number of amides is 1. The molecule has 6 heteroatoms. The molecule has 0 aliphatic heterocycles. The van der Waals surface area contributed by atoms with Gasteiger partial charge in [0.25, 0.3) is 5.91 Å². The van der Waals surface area contributed by atoms with Crippen LogP contribution in [0.5, 0.6) is 0 Å². The molecule has 1 amide bonds. The highest BCUT2D eigenvalue weighted by Crippen LogP contribution is 2.31. The fourth-order valence-electron chi connectivity index (χ4n) is 5.42. The molecule has 1 unspecified atom stereocenters. The van der Waals surface area contributed by atoms with Crippen molar-refractivity contribution in [3.8, 4) is 0 Å². The molecule has 174 valence electrons. The van der Waals surface area contributed by atoms with Crippen LogP contribution in [0.25, 0.3) is 11.0 Å². The van der Waals surface area contributed by atoms with Gasteiger partial charge in [0, 0.05) is 18.8 Å². The van der Waals surface area contributed by atoms with E-state index >= 15 is 0 Å². The first kappa shape index (κ1) is 21.9. The van der Waals surface area contributed by atoms with Gasteiger partial charge in [-0.2, -0.15) is 5.10 Å². The third kappa shape index (κ3) is 4.48. The third-order valence-corrected chi connectivity index (χ3v) is 7.38. The maximum atomic E-state index is 13.5. The number of aryl methyl sites for hydroxylation is 3. The van der Waals surface area contributed by atoms with Crippen molar-refractivity contribution in [3.05, 3.63) is 52.8 Å². The van der Waals surface area contributed by atoms with Crippen LogP contribution in [0.3, 0.4) is 0 Å². The number of anilines is 1. The average molecular weight is 446 g/mol. The second-order valence-corrected chi connectivity index (χ2v) is 9.65. The van der Waals surface area contributed by atoms with Crippen LogP contribution in [0.15, 0.2) is 30.6 Å². The summed E-state index contributed by atoms with van der Waals surface area (Å²) in [6.45, 7) is 4.88. The Hall–Kier alpha value is -2.89. The van der Waals surface area contributed by atoms with Gasteiger partial charge in [-0.25, -0.2) is 9.67 Å². The van der Waals surface area contributed by atoms with Gasteiger partial charge >= 0.3 is 0 Å². The molecule has 3 aromatic rings. The van der Waals surface area contributed by atoms with E-state index in [4.69, 9.17) is 0 Å². The summed E-state index contributed by atoms with van der Waals surface area (Å²) in [6, 6.07) is 7.02. The van der Waals surface area contributed by atoms with Crippen molar-refractivity contribution in [2.24, 2.45) is 0 Å². The second-order valence-electron chi connectivity index (χ2n) is 9.65. The predicted octanol–water partition coefficient (Wildman–Crippen LogP) is 5.57. The standard InChI is InChI=1S/C27H35N5O/c1-3-32-26-23(17-29-32)25(31-22-11-5-4-6-12-22)24(16-28-26)27(33)30-18(2)20-14-13-19-9-7-8-10-21(19)15-20/h13-18,22H,3-12H2,1-2H3,(H,28,31)(H,30,33). The Morgan fingerprint density at radius 2 is 1.88 bits per heavy atom. The minimum atomic E-state index is -0.0859. The van der Waals surface area contributed by atoms with Crippen molar-refractivity contribution in [2.45, 2.75) is 90.3 Å².